The first-order valence-electron chi connectivity index (χ1n) is 10.9. The van der Waals surface area contributed by atoms with E-state index in [1.807, 2.05) is 4.31 Å². The van der Waals surface area contributed by atoms with Crippen LogP contribution in [0.4, 0.5) is 4.39 Å². The zero-order valence-electron chi connectivity index (χ0n) is 18.5. The Morgan fingerprint density at radius 3 is 2.61 bits per heavy atom. The van der Waals surface area contributed by atoms with Crippen LogP contribution in [-0.2, 0) is 29.4 Å². The Labute approximate surface area is 199 Å². The standard InChI is InChI=1S/C21H28ClFN6O3S/c1-27-14-19(25-26-27)33(31)29-8-6-28(7-9-29)21(4-10-32-11-5-21)15-24-20(30)17-3-2-16(13-23)12-18(17)22/h2-3,12,14H,4-11,13,15H2,1H3,(H,24,30). The van der Waals surface area contributed by atoms with E-state index in [1.54, 1.807) is 30.1 Å². The summed E-state index contributed by atoms with van der Waals surface area (Å²) in [5.74, 6) is -0.279. The number of nitrogens with one attached hydrogen (secondary N) is 1. The fourth-order valence-corrected chi connectivity index (χ4v) is 5.79. The Bertz CT molecular complexity index is 1010. The molecule has 0 bridgehead atoms. The number of carbonyl (C=O) groups excluding carboxylic acids is 1. The zero-order chi connectivity index (χ0) is 23.4. The lowest BCUT2D eigenvalue weighted by Gasteiger charge is -2.49. The Balaban J connectivity index is 1.40. The number of rotatable bonds is 7. The maximum Gasteiger partial charge on any atom is 0.252 e. The van der Waals surface area contributed by atoms with E-state index in [1.165, 1.54) is 6.07 Å². The van der Waals surface area contributed by atoms with Gasteiger partial charge >= 0.3 is 0 Å². The third kappa shape index (κ3) is 5.43. The summed E-state index contributed by atoms with van der Waals surface area (Å²) in [7, 11) is 0.400. The summed E-state index contributed by atoms with van der Waals surface area (Å²) in [6.45, 7) is 3.73. The quantitative estimate of drug-likeness (QED) is 0.623. The molecule has 2 aliphatic heterocycles. The average Bonchev–Trinajstić information content (AvgIpc) is 3.29. The number of ether oxygens (including phenoxy) is 1. The lowest BCUT2D eigenvalue weighted by atomic mass is 9.87. The lowest BCUT2D eigenvalue weighted by Crippen LogP contribution is -2.63. The number of hydrogen-bond donors (Lipinski definition) is 1. The van der Waals surface area contributed by atoms with E-state index in [4.69, 9.17) is 16.3 Å². The molecule has 2 fully saturated rings. The third-order valence-corrected chi connectivity index (χ3v) is 8.03. The predicted octanol–water partition coefficient (Wildman–Crippen LogP) is 1.56. The summed E-state index contributed by atoms with van der Waals surface area (Å²) in [5.41, 5.74) is 0.522. The smallest absolute Gasteiger partial charge is 0.252 e. The van der Waals surface area contributed by atoms with Crippen molar-refractivity contribution in [1.29, 1.82) is 0 Å². The second-order valence-corrected chi connectivity index (χ2v) is 10.2. The van der Waals surface area contributed by atoms with E-state index in [0.29, 0.717) is 62.1 Å². The van der Waals surface area contributed by atoms with E-state index in [0.717, 1.165) is 12.8 Å². The number of hydrogen-bond acceptors (Lipinski definition) is 6. The monoisotopic (exact) mass is 498 g/mol. The number of carbonyl (C=O) groups is 1. The van der Waals surface area contributed by atoms with Crippen molar-refractivity contribution < 1.29 is 18.1 Å². The molecule has 0 spiro atoms. The van der Waals surface area contributed by atoms with Gasteiger partial charge in [-0.05, 0) is 30.5 Å². The minimum absolute atomic E-state index is 0.240. The highest BCUT2D eigenvalue weighted by Gasteiger charge is 2.41. The SMILES string of the molecule is Cn1cc(S(=O)N2CCN(C3(CNC(=O)c4ccc(CF)cc4Cl)CCOCC3)CC2)nn1. The highest BCUT2D eigenvalue weighted by molar-refractivity contribution is 7.82. The molecule has 3 heterocycles. The van der Waals surface area contributed by atoms with E-state index in [2.05, 4.69) is 20.5 Å². The molecule has 4 rings (SSSR count). The fraction of sp³-hybridized carbons (Fsp3) is 0.571. The summed E-state index contributed by atoms with van der Waals surface area (Å²) < 4.78 is 34.7. The van der Waals surface area contributed by atoms with Crippen LogP contribution in [0, 0.1) is 0 Å². The van der Waals surface area contributed by atoms with Crippen LogP contribution >= 0.6 is 11.6 Å². The second-order valence-electron chi connectivity index (χ2n) is 8.36. The van der Waals surface area contributed by atoms with Gasteiger partial charge in [-0.25, -0.2) is 12.9 Å². The van der Waals surface area contributed by atoms with Crippen LogP contribution in [0.15, 0.2) is 29.4 Å². The average molecular weight is 499 g/mol. The highest BCUT2D eigenvalue weighted by atomic mass is 35.5. The van der Waals surface area contributed by atoms with Crippen molar-refractivity contribution in [2.24, 2.45) is 7.05 Å². The van der Waals surface area contributed by atoms with Gasteiger partial charge in [-0.1, -0.05) is 22.9 Å². The normalized spacial score (nSPS) is 20.5. The first-order valence-corrected chi connectivity index (χ1v) is 12.4. The van der Waals surface area contributed by atoms with E-state index >= 15 is 0 Å². The molecule has 1 unspecified atom stereocenters. The molecular formula is C21H28ClFN6O3S. The van der Waals surface area contributed by atoms with E-state index in [9.17, 15) is 13.4 Å². The number of nitrogens with zero attached hydrogens (tertiary/aromatic N) is 5. The van der Waals surface area contributed by atoms with Gasteiger partial charge in [0.15, 0.2) is 5.03 Å². The molecule has 2 aromatic rings. The number of benzene rings is 1. The van der Waals surface area contributed by atoms with Gasteiger partial charge in [-0.15, -0.1) is 5.10 Å². The topological polar surface area (TPSA) is 92.6 Å². The number of aryl methyl sites for hydroxylation is 1. The molecule has 1 aromatic carbocycles. The molecule has 1 atom stereocenters. The van der Waals surface area contributed by atoms with Gasteiger partial charge in [0, 0.05) is 58.5 Å². The van der Waals surface area contributed by atoms with Gasteiger partial charge in [-0.2, -0.15) is 0 Å². The van der Waals surface area contributed by atoms with Crippen molar-refractivity contribution in [2.45, 2.75) is 30.1 Å². The van der Waals surface area contributed by atoms with Crippen LogP contribution in [0.5, 0.6) is 0 Å². The van der Waals surface area contributed by atoms with Crippen molar-refractivity contribution >= 4 is 28.5 Å². The molecule has 0 aliphatic carbocycles. The van der Waals surface area contributed by atoms with E-state index in [-0.39, 0.29) is 16.5 Å². The molecule has 0 radical (unpaired) electrons. The first-order chi connectivity index (χ1) is 15.9. The van der Waals surface area contributed by atoms with Crippen LogP contribution < -0.4 is 5.32 Å². The minimum atomic E-state index is -1.35. The van der Waals surface area contributed by atoms with Gasteiger partial charge in [0.05, 0.1) is 16.8 Å². The van der Waals surface area contributed by atoms with Crippen molar-refractivity contribution in [3.05, 3.63) is 40.5 Å². The number of halogens is 2. The van der Waals surface area contributed by atoms with Crippen molar-refractivity contribution in [3.8, 4) is 0 Å². The summed E-state index contributed by atoms with van der Waals surface area (Å²) in [5, 5.41) is 11.6. The zero-order valence-corrected chi connectivity index (χ0v) is 20.1. The molecule has 1 amide bonds. The van der Waals surface area contributed by atoms with Gasteiger partial charge in [0.25, 0.3) is 5.91 Å². The van der Waals surface area contributed by atoms with Crippen molar-refractivity contribution in [2.75, 3.05) is 45.9 Å². The summed E-state index contributed by atoms with van der Waals surface area (Å²) >= 11 is 6.20. The lowest BCUT2D eigenvalue weighted by molar-refractivity contribution is -0.0381. The fourth-order valence-electron chi connectivity index (χ4n) is 4.39. The van der Waals surface area contributed by atoms with Crippen LogP contribution in [0.2, 0.25) is 5.02 Å². The minimum Gasteiger partial charge on any atom is -0.381 e. The summed E-state index contributed by atoms with van der Waals surface area (Å²) in [6, 6.07) is 4.61. The van der Waals surface area contributed by atoms with Crippen LogP contribution in [-0.4, -0.2) is 85.8 Å². The van der Waals surface area contributed by atoms with Gasteiger partial charge in [0.1, 0.15) is 17.7 Å². The number of amides is 1. The molecule has 2 aliphatic rings. The Kier molecular flexibility index (Phi) is 7.75. The van der Waals surface area contributed by atoms with E-state index < -0.39 is 17.7 Å². The van der Waals surface area contributed by atoms with Crippen molar-refractivity contribution in [1.82, 2.24) is 29.5 Å². The van der Waals surface area contributed by atoms with Crippen LogP contribution in [0.1, 0.15) is 28.8 Å². The predicted molar refractivity (Wildman–Crippen MR) is 122 cm³/mol. The molecule has 33 heavy (non-hydrogen) atoms. The Hall–Kier alpha value is -1.92. The maximum absolute atomic E-state index is 12.9. The largest absolute Gasteiger partial charge is 0.381 e. The van der Waals surface area contributed by atoms with Crippen molar-refractivity contribution in [3.63, 3.8) is 0 Å². The Morgan fingerprint density at radius 2 is 2.00 bits per heavy atom. The number of alkyl halides is 1. The molecule has 12 heteroatoms. The van der Waals surface area contributed by atoms with Gasteiger partial charge < -0.3 is 10.1 Å². The molecule has 1 N–H and O–H groups in total. The molecule has 0 saturated carbocycles. The number of aromatic nitrogens is 3. The second kappa shape index (κ2) is 10.6. The third-order valence-electron chi connectivity index (χ3n) is 6.34. The summed E-state index contributed by atoms with van der Waals surface area (Å²) in [6.07, 6.45) is 3.24. The van der Waals surface area contributed by atoms with Crippen LogP contribution in [0.25, 0.3) is 0 Å². The summed E-state index contributed by atoms with van der Waals surface area (Å²) in [4.78, 5) is 15.2. The highest BCUT2D eigenvalue weighted by Crippen LogP contribution is 2.29. The van der Waals surface area contributed by atoms with Gasteiger partial charge in [0.2, 0.25) is 0 Å². The first kappa shape index (κ1) is 24.2. The maximum atomic E-state index is 12.9. The number of piperazine rings is 1. The molecule has 1 aromatic heterocycles. The Morgan fingerprint density at radius 1 is 1.27 bits per heavy atom. The molecular weight excluding hydrogens is 471 g/mol. The van der Waals surface area contributed by atoms with Crippen LogP contribution in [0.3, 0.4) is 0 Å². The molecule has 9 nitrogen and oxygen atoms in total. The molecule has 180 valence electrons. The molecule has 2 saturated heterocycles. The van der Waals surface area contributed by atoms with Gasteiger partial charge in [-0.3, -0.25) is 14.4 Å².